The Morgan fingerprint density at radius 3 is 2.37 bits per heavy atom. The van der Waals surface area contributed by atoms with Crippen LogP contribution in [0.4, 0.5) is 22.0 Å². The minimum Gasteiger partial charge on any atom is -0.335 e. The van der Waals surface area contributed by atoms with Crippen molar-refractivity contribution in [2.75, 3.05) is 7.05 Å². The molecule has 0 fully saturated rings. The lowest BCUT2D eigenvalue weighted by Crippen LogP contribution is -2.30. The monoisotopic (exact) mass is 424 g/mol. The van der Waals surface area contributed by atoms with Gasteiger partial charge in [0.05, 0.1) is 29.1 Å². The average molecular weight is 424 g/mol. The minimum atomic E-state index is -4.51. The maximum absolute atomic E-state index is 13.5. The SMILES string of the molecule is Cc1c(C(=O)N(C)C(C)c2ccc(F)c(F)c2)cnn1-c1ccc(C(F)(F)F)cn1. The second kappa shape index (κ2) is 7.85. The fraction of sp³-hybridized carbons (Fsp3) is 0.250. The smallest absolute Gasteiger partial charge is 0.335 e. The molecule has 2 heterocycles. The number of rotatable bonds is 4. The van der Waals surface area contributed by atoms with Gasteiger partial charge in [-0.05, 0) is 43.7 Å². The van der Waals surface area contributed by atoms with Gasteiger partial charge in [0.15, 0.2) is 17.5 Å². The predicted octanol–water partition coefficient (Wildman–Crippen LogP) is 4.71. The van der Waals surface area contributed by atoms with E-state index in [1.54, 1.807) is 13.8 Å². The number of benzene rings is 1. The van der Waals surface area contributed by atoms with Crippen molar-refractivity contribution in [3.05, 3.63) is 76.7 Å². The number of hydrogen-bond acceptors (Lipinski definition) is 3. The van der Waals surface area contributed by atoms with Gasteiger partial charge in [-0.25, -0.2) is 18.4 Å². The van der Waals surface area contributed by atoms with Crippen LogP contribution in [-0.4, -0.2) is 32.6 Å². The van der Waals surface area contributed by atoms with Crippen molar-refractivity contribution in [1.82, 2.24) is 19.7 Å². The Balaban J connectivity index is 1.85. The predicted molar refractivity (Wildman–Crippen MR) is 98.0 cm³/mol. The van der Waals surface area contributed by atoms with E-state index in [1.807, 2.05) is 0 Å². The van der Waals surface area contributed by atoms with Gasteiger partial charge in [-0.1, -0.05) is 6.07 Å². The molecule has 0 bridgehead atoms. The number of alkyl halides is 3. The van der Waals surface area contributed by atoms with Gasteiger partial charge in [-0.3, -0.25) is 4.79 Å². The Hall–Kier alpha value is -3.30. The molecule has 0 aliphatic rings. The fourth-order valence-corrected chi connectivity index (χ4v) is 2.89. The van der Waals surface area contributed by atoms with E-state index in [2.05, 4.69) is 10.1 Å². The Morgan fingerprint density at radius 2 is 1.80 bits per heavy atom. The van der Waals surface area contributed by atoms with Gasteiger partial charge >= 0.3 is 6.18 Å². The number of carbonyl (C=O) groups excluding carboxylic acids is 1. The lowest BCUT2D eigenvalue weighted by atomic mass is 10.1. The minimum absolute atomic E-state index is 0.121. The molecular weight excluding hydrogens is 407 g/mol. The van der Waals surface area contributed by atoms with E-state index in [0.717, 1.165) is 24.3 Å². The standard InChI is InChI=1S/C20H17F5N4O/c1-11(13-4-6-16(21)17(22)8-13)28(3)19(30)15-10-27-29(12(15)2)18-7-5-14(9-26-18)20(23,24)25/h4-11H,1-3H3. The van der Waals surface area contributed by atoms with E-state index in [9.17, 15) is 26.7 Å². The van der Waals surface area contributed by atoms with Crippen LogP contribution in [0.5, 0.6) is 0 Å². The molecule has 0 saturated carbocycles. The van der Waals surface area contributed by atoms with Crippen LogP contribution in [0.25, 0.3) is 5.82 Å². The van der Waals surface area contributed by atoms with Crippen molar-refractivity contribution in [3.63, 3.8) is 0 Å². The first-order valence-electron chi connectivity index (χ1n) is 8.81. The zero-order valence-electron chi connectivity index (χ0n) is 16.2. The largest absolute Gasteiger partial charge is 0.417 e. The van der Waals surface area contributed by atoms with E-state index < -0.39 is 35.3 Å². The Kier molecular flexibility index (Phi) is 5.60. The quantitative estimate of drug-likeness (QED) is 0.571. The summed E-state index contributed by atoms with van der Waals surface area (Å²) in [5.41, 5.74) is 0.0804. The number of halogens is 5. The Bertz CT molecular complexity index is 1080. The first-order valence-corrected chi connectivity index (χ1v) is 8.81. The number of aromatic nitrogens is 3. The van der Waals surface area contributed by atoms with Gasteiger partial charge in [0.25, 0.3) is 5.91 Å². The van der Waals surface area contributed by atoms with Gasteiger partial charge in [0, 0.05) is 13.2 Å². The Labute approximate surface area is 168 Å². The van der Waals surface area contributed by atoms with Crippen molar-refractivity contribution in [2.24, 2.45) is 0 Å². The highest BCUT2D eigenvalue weighted by Gasteiger charge is 2.31. The summed E-state index contributed by atoms with van der Waals surface area (Å²) in [6.45, 7) is 3.23. The molecule has 0 aliphatic carbocycles. The molecule has 0 N–H and O–H groups in total. The van der Waals surface area contributed by atoms with Gasteiger partial charge in [-0.15, -0.1) is 0 Å². The maximum Gasteiger partial charge on any atom is 0.417 e. The van der Waals surface area contributed by atoms with Crippen LogP contribution in [0.3, 0.4) is 0 Å². The van der Waals surface area contributed by atoms with Crippen LogP contribution < -0.4 is 0 Å². The summed E-state index contributed by atoms with van der Waals surface area (Å²) in [6, 6.07) is 4.85. The average Bonchev–Trinajstić information content (AvgIpc) is 3.09. The normalized spacial score (nSPS) is 12.7. The van der Waals surface area contributed by atoms with Gasteiger partial charge in [-0.2, -0.15) is 18.3 Å². The molecule has 1 atom stereocenters. The molecule has 5 nitrogen and oxygen atoms in total. The van der Waals surface area contributed by atoms with E-state index in [1.165, 1.54) is 28.9 Å². The van der Waals surface area contributed by atoms with Crippen molar-refractivity contribution < 1.29 is 26.7 Å². The van der Waals surface area contributed by atoms with Crippen LogP contribution in [0, 0.1) is 18.6 Å². The molecule has 1 amide bonds. The zero-order chi connectivity index (χ0) is 22.2. The molecule has 3 rings (SSSR count). The molecule has 30 heavy (non-hydrogen) atoms. The first-order chi connectivity index (χ1) is 14.0. The Morgan fingerprint density at radius 1 is 1.10 bits per heavy atom. The molecule has 0 spiro atoms. The number of nitrogens with zero attached hydrogens (tertiary/aromatic N) is 4. The van der Waals surface area contributed by atoms with Crippen molar-refractivity contribution in [2.45, 2.75) is 26.1 Å². The summed E-state index contributed by atoms with van der Waals surface area (Å²) < 4.78 is 66.0. The second-order valence-corrected chi connectivity index (χ2v) is 6.72. The molecule has 3 aromatic rings. The van der Waals surface area contributed by atoms with Gasteiger partial charge in [0.1, 0.15) is 0 Å². The molecular formula is C20H17F5N4O. The first kappa shape index (κ1) is 21.4. The highest BCUT2D eigenvalue weighted by atomic mass is 19.4. The van der Waals surface area contributed by atoms with Crippen LogP contribution in [0.1, 0.15) is 40.1 Å². The third kappa shape index (κ3) is 4.03. The lowest BCUT2D eigenvalue weighted by molar-refractivity contribution is -0.137. The summed E-state index contributed by atoms with van der Waals surface area (Å²) in [4.78, 5) is 18.0. The van der Waals surface area contributed by atoms with Crippen LogP contribution in [0.2, 0.25) is 0 Å². The maximum atomic E-state index is 13.5. The second-order valence-electron chi connectivity index (χ2n) is 6.72. The molecule has 0 saturated heterocycles. The molecule has 1 aromatic carbocycles. The summed E-state index contributed by atoms with van der Waals surface area (Å²) in [5.74, 6) is -2.32. The summed E-state index contributed by atoms with van der Waals surface area (Å²) in [5, 5.41) is 4.05. The number of pyridine rings is 1. The summed E-state index contributed by atoms with van der Waals surface area (Å²) >= 11 is 0. The number of carbonyl (C=O) groups is 1. The topological polar surface area (TPSA) is 51.0 Å². The molecule has 0 radical (unpaired) electrons. The van der Waals surface area contributed by atoms with E-state index in [0.29, 0.717) is 17.5 Å². The molecule has 10 heteroatoms. The number of amides is 1. The fourth-order valence-electron chi connectivity index (χ4n) is 2.89. The van der Waals surface area contributed by atoms with E-state index in [4.69, 9.17) is 0 Å². The summed E-state index contributed by atoms with van der Waals surface area (Å²) in [6.07, 6.45) is -2.54. The highest BCUT2D eigenvalue weighted by Crippen LogP contribution is 2.29. The van der Waals surface area contributed by atoms with Crippen LogP contribution in [0.15, 0.2) is 42.7 Å². The van der Waals surface area contributed by atoms with E-state index >= 15 is 0 Å². The van der Waals surface area contributed by atoms with Crippen LogP contribution in [-0.2, 0) is 6.18 Å². The van der Waals surface area contributed by atoms with Gasteiger partial charge < -0.3 is 4.90 Å². The highest BCUT2D eigenvalue weighted by molar-refractivity contribution is 5.95. The molecule has 2 aromatic heterocycles. The number of hydrogen-bond donors (Lipinski definition) is 0. The van der Waals surface area contributed by atoms with Gasteiger partial charge in [0.2, 0.25) is 0 Å². The summed E-state index contributed by atoms with van der Waals surface area (Å²) in [7, 11) is 1.50. The molecule has 158 valence electrons. The van der Waals surface area contributed by atoms with Crippen molar-refractivity contribution in [1.29, 1.82) is 0 Å². The molecule has 0 aliphatic heterocycles. The van der Waals surface area contributed by atoms with Crippen molar-refractivity contribution in [3.8, 4) is 5.82 Å². The lowest BCUT2D eigenvalue weighted by Gasteiger charge is -2.25. The van der Waals surface area contributed by atoms with Crippen molar-refractivity contribution >= 4 is 5.91 Å². The zero-order valence-corrected chi connectivity index (χ0v) is 16.2. The third-order valence-corrected chi connectivity index (χ3v) is 4.86. The third-order valence-electron chi connectivity index (χ3n) is 4.86. The molecule has 1 unspecified atom stereocenters. The van der Waals surface area contributed by atoms with Crippen LogP contribution >= 0.6 is 0 Å². The van der Waals surface area contributed by atoms with E-state index in [-0.39, 0.29) is 11.4 Å².